The number of hydrogen-bond acceptors (Lipinski definition) is 3. The van der Waals surface area contributed by atoms with Gasteiger partial charge in [-0.2, -0.15) is 0 Å². The summed E-state index contributed by atoms with van der Waals surface area (Å²) in [4.78, 5) is 2.27. The molecule has 2 aromatic rings. The van der Waals surface area contributed by atoms with Crippen molar-refractivity contribution < 1.29 is 9.84 Å². The summed E-state index contributed by atoms with van der Waals surface area (Å²) in [5, 5.41) is 9.30. The lowest BCUT2D eigenvalue weighted by molar-refractivity contribution is 0.414. The molecule has 0 bridgehead atoms. The number of methoxy groups -OCH3 is 1. The summed E-state index contributed by atoms with van der Waals surface area (Å²) in [6.07, 6.45) is 2.05. The van der Waals surface area contributed by atoms with E-state index in [1.165, 1.54) is 5.56 Å². The number of phenolic OH excluding ortho intramolecular Hbond substituents is 1. The van der Waals surface area contributed by atoms with E-state index in [9.17, 15) is 5.11 Å². The Morgan fingerprint density at radius 2 is 1.86 bits per heavy atom. The number of aryl methyl sites for hydroxylation is 1. The smallest absolute Gasteiger partial charge is 0.120 e. The van der Waals surface area contributed by atoms with Gasteiger partial charge in [-0.3, -0.25) is 0 Å². The Morgan fingerprint density at radius 3 is 2.52 bits per heavy atom. The lowest BCUT2D eigenvalue weighted by Crippen LogP contribution is -2.29. The second kappa shape index (κ2) is 7.02. The standard InChI is InChI=1S/C18H23NO2/c1-14(7-8-15-9-11-17(20)12-10-15)19(2)16-5-4-6-18(13-16)21-3/h4-6,9-14,20H,7-8H2,1-3H3. The molecule has 2 rings (SSSR count). The van der Waals surface area contributed by atoms with Crippen molar-refractivity contribution in [3.05, 3.63) is 54.1 Å². The molecule has 0 aromatic heterocycles. The van der Waals surface area contributed by atoms with Crippen LogP contribution in [0.4, 0.5) is 5.69 Å². The summed E-state index contributed by atoms with van der Waals surface area (Å²) in [6, 6.07) is 16.0. The fourth-order valence-corrected chi connectivity index (χ4v) is 2.32. The van der Waals surface area contributed by atoms with Gasteiger partial charge >= 0.3 is 0 Å². The fraction of sp³-hybridized carbons (Fsp3) is 0.333. The highest BCUT2D eigenvalue weighted by atomic mass is 16.5. The number of benzene rings is 2. The Hall–Kier alpha value is -2.16. The van der Waals surface area contributed by atoms with Crippen LogP contribution in [0.15, 0.2) is 48.5 Å². The van der Waals surface area contributed by atoms with Crippen LogP contribution in [0.3, 0.4) is 0 Å². The van der Waals surface area contributed by atoms with Crippen LogP contribution in [0.5, 0.6) is 11.5 Å². The van der Waals surface area contributed by atoms with E-state index < -0.39 is 0 Å². The number of rotatable bonds is 6. The number of phenols is 1. The average Bonchev–Trinajstić information content (AvgIpc) is 2.53. The van der Waals surface area contributed by atoms with Crippen molar-refractivity contribution in [2.75, 3.05) is 19.1 Å². The maximum Gasteiger partial charge on any atom is 0.120 e. The second-order valence-electron chi connectivity index (χ2n) is 5.37. The molecule has 21 heavy (non-hydrogen) atoms. The molecule has 1 N–H and O–H groups in total. The Labute approximate surface area is 126 Å². The van der Waals surface area contributed by atoms with Gasteiger partial charge in [-0.05, 0) is 49.6 Å². The first-order chi connectivity index (χ1) is 10.1. The second-order valence-corrected chi connectivity index (χ2v) is 5.37. The molecular weight excluding hydrogens is 262 g/mol. The van der Waals surface area contributed by atoms with Crippen LogP contribution in [0.1, 0.15) is 18.9 Å². The molecule has 0 saturated carbocycles. The molecule has 0 saturated heterocycles. The minimum atomic E-state index is 0.320. The van der Waals surface area contributed by atoms with Crippen LogP contribution in [0.25, 0.3) is 0 Å². The normalized spacial score (nSPS) is 12.0. The molecule has 3 nitrogen and oxygen atoms in total. The van der Waals surface area contributed by atoms with Gasteiger partial charge in [0.05, 0.1) is 7.11 Å². The van der Waals surface area contributed by atoms with Crippen molar-refractivity contribution in [2.45, 2.75) is 25.8 Å². The van der Waals surface area contributed by atoms with Crippen molar-refractivity contribution in [3.8, 4) is 11.5 Å². The van der Waals surface area contributed by atoms with Gasteiger partial charge in [0.1, 0.15) is 11.5 Å². The van der Waals surface area contributed by atoms with Crippen LogP contribution < -0.4 is 9.64 Å². The largest absolute Gasteiger partial charge is 0.508 e. The molecule has 112 valence electrons. The third kappa shape index (κ3) is 4.15. The molecule has 1 unspecified atom stereocenters. The first-order valence-corrected chi connectivity index (χ1v) is 7.25. The summed E-state index contributed by atoms with van der Waals surface area (Å²) in [5.74, 6) is 1.20. The third-order valence-corrected chi connectivity index (χ3v) is 3.91. The topological polar surface area (TPSA) is 32.7 Å². The predicted octanol–water partition coefficient (Wildman–Crippen LogP) is 3.86. The number of anilines is 1. The Kier molecular flexibility index (Phi) is 5.09. The summed E-state index contributed by atoms with van der Waals surface area (Å²) >= 11 is 0. The zero-order valence-electron chi connectivity index (χ0n) is 12.9. The van der Waals surface area contributed by atoms with E-state index in [4.69, 9.17) is 4.74 Å². The lowest BCUT2D eigenvalue weighted by atomic mass is 10.0. The summed E-state index contributed by atoms with van der Waals surface area (Å²) in [5.41, 5.74) is 2.41. The van der Waals surface area contributed by atoms with E-state index in [1.54, 1.807) is 19.2 Å². The predicted molar refractivity (Wildman–Crippen MR) is 87.3 cm³/mol. The quantitative estimate of drug-likeness (QED) is 0.875. The maximum absolute atomic E-state index is 9.30. The molecule has 3 heteroatoms. The molecule has 0 aliphatic heterocycles. The molecule has 0 radical (unpaired) electrons. The average molecular weight is 285 g/mol. The van der Waals surface area contributed by atoms with E-state index >= 15 is 0 Å². The zero-order chi connectivity index (χ0) is 15.2. The lowest BCUT2D eigenvalue weighted by Gasteiger charge is -2.27. The molecule has 0 aliphatic rings. The van der Waals surface area contributed by atoms with Gasteiger partial charge in [-0.25, -0.2) is 0 Å². The number of nitrogens with zero attached hydrogens (tertiary/aromatic N) is 1. The molecule has 1 atom stereocenters. The molecule has 0 heterocycles. The monoisotopic (exact) mass is 285 g/mol. The molecule has 0 fully saturated rings. The van der Waals surface area contributed by atoms with Gasteiger partial charge in [0.2, 0.25) is 0 Å². The van der Waals surface area contributed by atoms with Gasteiger partial charge in [0.15, 0.2) is 0 Å². The first-order valence-electron chi connectivity index (χ1n) is 7.25. The van der Waals surface area contributed by atoms with E-state index in [1.807, 2.05) is 24.3 Å². The highest BCUT2D eigenvalue weighted by Crippen LogP contribution is 2.23. The van der Waals surface area contributed by atoms with Gasteiger partial charge in [-0.1, -0.05) is 18.2 Å². The van der Waals surface area contributed by atoms with Crippen LogP contribution in [-0.4, -0.2) is 25.3 Å². The maximum atomic E-state index is 9.30. The Balaban J connectivity index is 1.95. The van der Waals surface area contributed by atoms with Crippen LogP contribution in [-0.2, 0) is 6.42 Å². The van der Waals surface area contributed by atoms with Crippen LogP contribution in [0, 0.1) is 0 Å². The molecule has 0 amide bonds. The van der Waals surface area contributed by atoms with E-state index in [0.29, 0.717) is 11.8 Å². The van der Waals surface area contributed by atoms with Crippen molar-refractivity contribution in [3.63, 3.8) is 0 Å². The highest BCUT2D eigenvalue weighted by molar-refractivity contribution is 5.50. The van der Waals surface area contributed by atoms with Crippen molar-refractivity contribution >= 4 is 5.69 Å². The SMILES string of the molecule is COc1cccc(N(C)C(C)CCc2ccc(O)cc2)c1. The van der Waals surface area contributed by atoms with E-state index in [2.05, 4.69) is 31.0 Å². The molecule has 2 aromatic carbocycles. The number of hydrogen-bond donors (Lipinski definition) is 1. The van der Waals surface area contributed by atoms with Gasteiger partial charge in [0.25, 0.3) is 0 Å². The van der Waals surface area contributed by atoms with Gasteiger partial charge in [0, 0.05) is 24.8 Å². The highest BCUT2D eigenvalue weighted by Gasteiger charge is 2.11. The van der Waals surface area contributed by atoms with Crippen molar-refractivity contribution in [1.29, 1.82) is 0 Å². The molecular formula is C18H23NO2. The first kappa shape index (κ1) is 15.2. The molecule has 0 spiro atoms. The minimum Gasteiger partial charge on any atom is -0.508 e. The van der Waals surface area contributed by atoms with Gasteiger partial charge in [-0.15, -0.1) is 0 Å². The van der Waals surface area contributed by atoms with Gasteiger partial charge < -0.3 is 14.7 Å². The minimum absolute atomic E-state index is 0.320. The summed E-state index contributed by atoms with van der Waals surface area (Å²) in [6.45, 7) is 2.22. The van der Waals surface area contributed by atoms with Crippen molar-refractivity contribution in [2.24, 2.45) is 0 Å². The van der Waals surface area contributed by atoms with E-state index in [0.717, 1.165) is 24.3 Å². The summed E-state index contributed by atoms with van der Waals surface area (Å²) in [7, 11) is 3.80. The van der Waals surface area contributed by atoms with E-state index in [-0.39, 0.29) is 0 Å². The zero-order valence-corrected chi connectivity index (χ0v) is 12.9. The number of aromatic hydroxyl groups is 1. The Bertz CT molecular complexity index is 566. The number of ether oxygens (including phenoxy) is 1. The fourth-order valence-electron chi connectivity index (χ4n) is 2.32. The Morgan fingerprint density at radius 1 is 1.14 bits per heavy atom. The third-order valence-electron chi connectivity index (χ3n) is 3.91. The molecule has 0 aliphatic carbocycles. The van der Waals surface area contributed by atoms with Crippen molar-refractivity contribution in [1.82, 2.24) is 0 Å². The van der Waals surface area contributed by atoms with Crippen LogP contribution >= 0.6 is 0 Å². The summed E-state index contributed by atoms with van der Waals surface area (Å²) < 4.78 is 5.27. The van der Waals surface area contributed by atoms with Crippen LogP contribution in [0.2, 0.25) is 0 Å².